The van der Waals surface area contributed by atoms with Crippen molar-refractivity contribution in [1.82, 2.24) is 9.80 Å². The lowest BCUT2D eigenvalue weighted by atomic mass is 9.74. The van der Waals surface area contributed by atoms with E-state index in [0.29, 0.717) is 18.0 Å². The van der Waals surface area contributed by atoms with Crippen LogP contribution in [0.4, 0.5) is 0 Å². The van der Waals surface area contributed by atoms with E-state index in [1.54, 1.807) is 0 Å². The topological polar surface area (TPSA) is 26.7 Å². The van der Waals surface area contributed by atoms with Crippen molar-refractivity contribution in [3.05, 3.63) is 41.5 Å². The molecule has 2 aliphatic heterocycles. The fourth-order valence-corrected chi connectivity index (χ4v) is 4.97. The minimum Gasteiger partial charge on any atom is -0.395 e. The van der Waals surface area contributed by atoms with Crippen molar-refractivity contribution in [2.45, 2.75) is 50.1 Å². The Labute approximate surface area is 146 Å². The number of benzene rings is 1. The van der Waals surface area contributed by atoms with Crippen molar-refractivity contribution in [3.8, 4) is 0 Å². The lowest BCUT2D eigenvalue weighted by Gasteiger charge is -2.57. The summed E-state index contributed by atoms with van der Waals surface area (Å²) in [6, 6.07) is 10.1. The highest BCUT2D eigenvalue weighted by atomic mass is 16.3. The first-order valence-electron chi connectivity index (χ1n) is 9.62. The molecule has 3 heteroatoms. The minimum atomic E-state index is 0.276. The van der Waals surface area contributed by atoms with E-state index in [9.17, 15) is 5.11 Å². The van der Waals surface area contributed by atoms with Crippen molar-refractivity contribution in [3.63, 3.8) is 0 Å². The average Bonchev–Trinajstić information content (AvgIpc) is 3.11. The van der Waals surface area contributed by atoms with Crippen LogP contribution in [0.1, 0.15) is 49.1 Å². The Morgan fingerprint density at radius 2 is 1.88 bits per heavy atom. The van der Waals surface area contributed by atoms with Crippen LogP contribution in [0.2, 0.25) is 0 Å². The molecular formula is C21H30N2O. The van der Waals surface area contributed by atoms with E-state index in [1.165, 1.54) is 55.3 Å². The number of likely N-dealkylation sites (N-methyl/N-ethyl adjacent to an activating group) is 1. The first-order chi connectivity index (χ1) is 11.8. The molecule has 0 bridgehead atoms. The number of hydrogen-bond donors (Lipinski definition) is 1. The third-order valence-corrected chi connectivity index (χ3v) is 6.28. The van der Waals surface area contributed by atoms with Crippen LogP contribution in [0.25, 0.3) is 5.57 Å². The number of allylic oxidation sites excluding steroid dienone is 2. The van der Waals surface area contributed by atoms with Gasteiger partial charge in [-0.25, -0.2) is 0 Å². The van der Waals surface area contributed by atoms with E-state index in [0.717, 1.165) is 13.1 Å². The number of aliphatic hydroxyl groups excluding tert-OH is 1. The van der Waals surface area contributed by atoms with Crippen LogP contribution < -0.4 is 0 Å². The molecule has 1 aromatic rings. The summed E-state index contributed by atoms with van der Waals surface area (Å²) >= 11 is 0. The molecule has 0 spiro atoms. The van der Waals surface area contributed by atoms with Gasteiger partial charge >= 0.3 is 0 Å². The first-order valence-corrected chi connectivity index (χ1v) is 9.62. The van der Waals surface area contributed by atoms with E-state index < -0.39 is 0 Å². The van der Waals surface area contributed by atoms with Crippen molar-refractivity contribution in [2.75, 3.05) is 33.3 Å². The zero-order chi connectivity index (χ0) is 16.5. The largest absolute Gasteiger partial charge is 0.395 e. The van der Waals surface area contributed by atoms with Gasteiger partial charge in [0.2, 0.25) is 0 Å². The Balaban J connectivity index is 1.55. The zero-order valence-corrected chi connectivity index (χ0v) is 14.8. The third kappa shape index (κ3) is 2.94. The molecule has 2 fully saturated rings. The standard InChI is InChI=1S/C21H30N2O/c1-22-12-4-5-13-23-19(14-22)21(20(23)15-24)18-10-8-17(9-11-18)16-6-2-3-7-16/h6,8-11,19-21,24H,2-5,7,12-15H2,1H3/t19-,20-,21-/m0/s1. The van der Waals surface area contributed by atoms with Gasteiger partial charge in [0.1, 0.15) is 0 Å². The van der Waals surface area contributed by atoms with Gasteiger partial charge in [0.15, 0.2) is 0 Å². The van der Waals surface area contributed by atoms with E-state index in [1.807, 2.05) is 0 Å². The molecule has 2 saturated heterocycles. The maximum Gasteiger partial charge on any atom is 0.0593 e. The second-order valence-corrected chi connectivity index (χ2v) is 7.79. The van der Waals surface area contributed by atoms with Crippen LogP contribution in [0.3, 0.4) is 0 Å². The number of fused-ring (bicyclic) bond motifs is 1. The highest BCUT2D eigenvalue weighted by Crippen LogP contribution is 2.42. The predicted octanol–water partition coefficient (Wildman–Crippen LogP) is 3.11. The monoisotopic (exact) mass is 326 g/mol. The summed E-state index contributed by atoms with van der Waals surface area (Å²) in [6.45, 7) is 3.74. The normalized spacial score (nSPS) is 31.8. The first kappa shape index (κ1) is 16.3. The number of rotatable bonds is 3. The average molecular weight is 326 g/mol. The van der Waals surface area contributed by atoms with Crippen molar-refractivity contribution < 1.29 is 5.11 Å². The van der Waals surface area contributed by atoms with Gasteiger partial charge < -0.3 is 10.0 Å². The van der Waals surface area contributed by atoms with Gasteiger partial charge in [-0.1, -0.05) is 30.3 Å². The summed E-state index contributed by atoms with van der Waals surface area (Å²) in [7, 11) is 2.24. The zero-order valence-electron chi connectivity index (χ0n) is 14.8. The Kier molecular flexibility index (Phi) is 4.75. The Morgan fingerprint density at radius 1 is 1.08 bits per heavy atom. The maximum atomic E-state index is 9.95. The Bertz CT molecular complexity index is 594. The molecule has 1 aliphatic carbocycles. The molecule has 0 unspecified atom stereocenters. The minimum absolute atomic E-state index is 0.276. The summed E-state index contributed by atoms with van der Waals surface area (Å²) in [5.74, 6) is 0.474. The van der Waals surface area contributed by atoms with Gasteiger partial charge in [0.05, 0.1) is 6.61 Å². The molecule has 130 valence electrons. The molecule has 0 aromatic heterocycles. The summed E-state index contributed by atoms with van der Waals surface area (Å²) < 4.78 is 0. The molecule has 24 heavy (non-hydrogen) atoms. The second kappa shape index (κ2) is 6.99. The third-order valence-electron chi connectivity index (χ3n) is 6.28. The molecule has 2 heterocycles. The number of aliphatic hydroxyl groups is 1. The van der Waals surface area contributed by atoms with Gasteiger partial charge in [-0.3, -0.25) is 4.90 Å². The molecular weight excluding hydrogens is 296 g/mol. The van der Waals surface area contributed by atoms with E-state index in [2.05, 4.69) is 47.2 Å². The van der Waals surface area contributed by atoms with Gasteiger partial charge in [-0.2, -0.15) is 0 Å². The molecule has 0 saturated carbocycles. The van der Waals surface area contributed by atoms with Crippen LogP contribution in [0.15, 0.2) is 30.3 Å². The molecule has 3 aliphatic rings. The van der Waals surface area contributed by atoms with Crippen LogP contribution in [-0.4, -0.2) is 60.3 Å². The number of nitrogens with zero attached hydrogens (tertiary/aromatic N) is 2. The molecule has 1 aromatic carbocycles. The Hall–Kier alpha value is -1.16. The highest BCUT2D eigenvalue weighted by Gasteiger charge is 2.48. The van der Waals surface area contributed by atoms with Gasteiger partial charge in [-0.15, -0.1) is 0 Å². The number of hydrogen-bond acceptors (Lipinski definition) is 3. The molecule has 3 nitrogen and oxygen atoms in total. The molecule has 3 atom stereocenters. The van der Waals surface area contributed by atoms with E-state index in [-0.39, 0.29) is 6.61 Å². The molecule has 1 N–H and O–H groups in total. The SMILES string of the molecule is CN1CCCCN2[C@@H](CO)[C@@H](c3ccc(C4=CCCC4)cc3)[C@@H]2C1. The van der Waals surface area contributed by atoms with Gasteiger partial charge in [0, 0.05) is 24.5 Å². The van der Waals surface area contributed by atoms with Crippen molar-refractivity contribution >= 4 is 5.57 Å². The molecule has 0 amide bonds. The van der Waals surface area contributed by atoms with Crippen LogP contribution in [0.5, 0.6) is 0 Å². The van der Waals surface area contributed by atoms with E-state index >= 15 is 0 Å². The Morgan fingerprint density at radius 3 is 2.58 bits per heavy atom. The smallest absolute Gasteiger partial charge is 0.0593 e. The summed E-state index contributed by atoms with van der Waals surface area (Å²) in [6.07, 6.45) is 8.67. The van der Waals surface area contributed by atoms with Crippen molar-refractivity contribution in [1.29, 1.82) is 0 Å². The summed E-state index contributed by atoms with van der Waals surface area (Å²) in [4.78, 5) is 5.02. The highest BCUT2D eigenvalue weighted by molar-refractivity contribution is 5.67. The lowest BCUT2D eigenvalue weighted by molar-refractivity contribution is -0.0614. The molecule has 0 radical (unpaired) electrons. The van der Waals surface area contributed by atoms with Gasteiger partial charge in [-0.05, 0) is 68.9 Å². The molecule has 4 rings (SSSR count). The quantitative estimate of drug-likeness (QED) is 0.924. The maximum absolute atomic E-state index is 9.95. The fraction of sp³-hybridized carbons (Fsp3) is 0.619. The van der Waals surface area contributed by atoms with Gasteiger partial charge in [0.25, 0.3) is 0 Å². The van der Waals surface area contributed by atoms with E-state index in [4.69, 9.17) is 0 Å². The summed E-state index contributed by atoms with van der Waals surface area (Å²) in [5.41, 5.74) is 4.32. The predicted molar refractivity (Wildman–Crippen MR) is 99.1 cm³/mol. The van der Waals surface area contributed by atoms with Crippen LogP contribution >= 0.6 is 0 Å². The second-order valence-electron chi connectivity index (χ2n) is 7.79. The fourth-order valence-electron chi connectivity index (χ4n) is 4.97. The van der Waals surface area contributed by atoms with Crippen LogP contribution in [-0.2, 0) is 0 Å². The van der Waals surface area contributed by atoms with Crippen molar-refractivity contribution in [2.24, 2.45) is 0 Å². The van der Waals surface area contributed by atoms with Crippen LogP contribution in [0, 0.1) is 0 Å². The lowest BCUT2D eigenvalue weighted by Crippen LogP contribution is -2.67. The summed E-state index contributed by atoms with van der Waals surface area (Å²) in [5, 5.41) is 9.95.